The molecule has 0 radical (unpaired) electrons. The molecule has 36 heavy (non-hydrogen) atoms. The second kappa shape index (κ2) is 8.97. The lowest BCUT2D eigenvalue weighted by molar-refractivity contribution is 0.0695. The number of aryl methyl sites for hydroxylation is 1. The highest BCUT2D eigenvalue weighted by molar-refractivity contribution is 6.02. The van der Waals surface area contributed by atoms with Gasteiger partial charge in [0.15, 0.2) is 11.5 Å². The molecule has 2 aliphatic heterocycles. The van der Waals surface area contributed by atoms with E-state index in [4.69, 9.17) is 9.47 Å². The van der Waals surface area contributed by atoms with Crippen LogP contribution in [0.25, 0.3) is 11.1 Å². The van der Waals surface area contributed by atoms with Gasteiger partial charge in [0, 0.05) is 24.2 Å². The maximum atomic E-state index is 14.6. The molecule has 1 saturated carbocycles. The standard InChI is InChI=1S/C29H27FN2O4/c1-17-9-10-19(20-5-2-3-7-24(20)30)23(13-17)29(34)32-16-18-14-22(18)25(32)15-31-28(33)21-6-4-8-26-27(21)36-12-11-35-26/h2-10,13,18,22,25H,11-12,14-16H2,1H3,(H,31,33)/t18-,22-,25-/m1/s1. The van der Waals surface area contributed by atoms with Crippen molar-refractivity contribution in [2.24, 2.45) is 11.8 Å². The van der Waals surface area contributed by atoms with Crippen molar-refractivity contribution in [3.05, 3.63) is 83.2 Å². The van der Waals surface area contributed by atoms with E-state index in [1.165, 1.54) is 6.07 Å². The second-order valence-corrected chi connectivity index (χ2v) is 9.75. The van der Waals surface area contributed by atoms with Crippen LogP contribution in [0.1, 0.15) is 32.7 Å². The first-order chi connectivity index (χ1) is 17.5. The van der Waals surface area contributed by atoms with Crippen molar-refractivity contribution < 1.29 is 23.5 Å². The minimum atomic E-state index is -0.360. The Morgan fingerprint density at radius 3 is 2.69 bits per heavy atom. The van der Waals surface area contributed by atoms with Gasteiger partial charge in [-0.25, -0.2) is 4.39 Å². The van der Waals surface area contributed by atoms with E-state index in [-0.39, 0.29) is 23.7 Å². The van der Waals surface area contributed by atoms with E-state index >= 15 is 0 Å². The van der Waals surface area contributed by atoms with Crippen molar-refractivity contribution >= 4 is 11.8 Å². The van der Waals surface area contributed by atoms with Gasteiger partial charge in [-0.1, -0.05) is 42.0 Å². The van der Waals surface area contributed by atoms with E-state index in [2.05, 4.69) is 5.32 Å². The zero-order valence-electron chi connectivity index (χ0n) is 20.0. The number of amides is 2. The van der Waals surface area contributed by atoms with Crippen LogP contribution in [0.4, 0.5) is 4.39 Å². The normalized spacial score (nSPS) is 21.6. The minimum Gasteiger partial charge on any atom is -0.486 e. The number of ether oxygens (including phenoxy) is 2. The lowest BCUT2D eigenvalue weighted by Crippen LogP contribution is -2.45. The van der Waals surface area contributed by atoms with Gasteiger partial charge in [-0.15, -0.1) is 0 Å². The Balaban J connectivity index is 1.24. The van der Waals surface area contributed by atoms with Gasteiger partial charge in [0.25, 0.3) is 11.8 Å². The summed E-state index contributed by atoms with van der Waals surface area (Å²) in [6.07, 6.45) is 1.05. The fourth-order valence-electron chi connectivity index (χ4n) is 5.52. The molecule has 1 N–H and O–H groups in total. The van der Waals surface area contributed by atoms with Crippen LogP contribution in [-0.2, 0) is 0 Å². The van der Waals surface area contributed by atoms with Crippen LogP contribution in [0.3, 0.4) is 0 Å². The zero-order chi connectivity index (χ0) is 24.8. The first-order valence-corrected chi connectivity index (χ1v) is 12.3. The quantitative estimate of drug-likeness (QED) is 0.578. The van der Waals surface area contributed by atoms with Crippen molar-refractivity contribution in [1.29, 1.82) is 0 Å². The van der Waals surface area contributed by atoms with Crippen molar-refractivity contribution in [2.75, 3.05) is 26.3 Å². The third kappa shape index (κ3) is 3.98. The zero-order valence-corrected chi connectivity index (χ0v) is 20.0. The molecule has 1 aliphatic carbocycles. The van der Waals surface area contributed by atoms with Crippen molar-refractivity contribution in [1.82, 2.24) is 10.2 Å². The Hall–Kier alpha value is -3.87. The molecule has 0 unspecified atom stereocenters. The summed E-state index contributed by atoms with van der Waals surface area (Å²) < 4.78 is 25.9. The first-order valence-electron chi connectivity index (χ1n) is 12.3. The number of fused-ring (bicyclic) bond motifs is 2. The molecule has 184 valence electrons. The summed E-state index contributed by atoms with van der Waals surface area (Å²) in [5.41, 5.74) is 2.84. The van der Waals surface area contributed by atoms with Crippen LogP contribution in [0.2, 0.25) is 0 Å². The largest absolute Gasteiger partial charge is 0.486 e. The fraction of sp³-hybridized carbons (Fsp3) is 0.310. The number of hydrogen-bond donors (Lipinski definition) is 1. The third-order valence-corrected chi connectivity index (χ3v) is 7.42. The molecular weight excluding hydrogens is 459 g/mol. The third-order valence-electron chi connectivity index (χ3n) is 7.42. The molecule has 3 aromatic rings. The summed E-state index contributed by atoms with van der Waals surface area (Å²) >= 11 is 0. The molecule has 0 aromatic heterocycles. The van der Waals surface area contributed by atoms with Crippen LogP contribution in [0, 0.1) is 24.6 Å². The van der Waals surface area contributed by atoms with E-state index in [1.807, 2.05) is 30.0 Å². The van der Waals surface area contributed by atoms with Crippen LogP contribution in [-0.4, -0.2) is 49.1 Å². The maximum absolute atomic E-state index is 14.6. The number of carbonyl (C=O) groups is 2. The van der Waals surface area contributed by atoms with E-state index in [0.29, 0.717) is 71.9 Å². The van der Waals surface area contributed by atoms with E-state index in [1.54, 1.807) is 36.4 Å². The molecule has 7 heteroatoms. The Bertz CT molecular complexity index is 1360. The SMILES string of the molecule is Cc1ccc(-c2ccccc2F)c(C(=O)N2C[C@H]3C[C@H]3[C@H]2CNC(=O)c2cccc3c2OCCO3)c1. The average Bonchev–Trinajstić information content (AvgIpc) is 3.58. The van der Waals surface area contributed by atoms with Crippen molar-refractivity contribution in [3.8, 4) is 22.6 Å². The van der Waals surface area contributed by atoms with Gasteiger partial charge < -0.3 is 19.7 Å². The molecule has 3 aliphatic rings. The van der Waals surface area contributed by atoms with Gasteiger partial charge in [0.05, 0.1) is 11.6 Å². The predicted molar refractivity (Wildman–Crippen MR) is 133 cm³/mol. The molecule has 3 aromatic carbocycles. The highest BCUT2D eigenvalue weighted by atomic mass is 19.1. The molecule has 0 bridgehead atoms. The highest BCUT2D eigenvalue weighted by Crippen LogP contribution is 2.50. The number of nitrogens with one attached hydrogen (secondary N) is 1. The first kappa shape index (κ1) is 22.6. The number of rotatable bonds is 5. The van der Waals surface area contributed by atoms with Gasteiger partial charge in [-0.2, -0.15) is 0 Å². The Morgan fingerprint density at radius 1 is 1.00 bits per heavy atom. The van der Waals surface area contributed by atoms with E-state index < -0.39 is 0 Å². The molecule has 6 rings (SSSR count). The smallest absolute Gasteiger partial charge is 0.255 e. The van der Waals surface area contributed by atoms with Gasteiger partial charge in [-0.3, -0.25) is 9.59 Å². The Kier molecular flexibility index (Phi) is 5.63. The Morgan fingerprint density at radius 2 is 1.83 bits per heavy atom. The number of nitrogens with zero attached hydrogens (tertiary/aromatic N) is 1. The second-order valence-electron chi connectivity index (χ2n) is 9.75. The predicted octanol–water partition coefficient (Wildman–Crippen LogP) is 4.46. The Labute approximate surface area is 209 Å². The molecule has 6 nitrogen and oxygen atoms in total. The van der Waals surface area contributed by atoms with Gasteiger partial charge in [-0.05, 0) is 55.0 Å². The number of carbonyl (C=O) groups excluding carboxylic acids is 2. The number of likely N-dealkylation sites (tertiary alicyclic amines) is 1. The summed E-state index contributed by atoms with van der Waals surface area (Å²) in [6.45, 7) is 3.76. The van der Waals surface area contributed by atoms with Gasteiger partial charge in [0.2, 0.25) is 0 Å². The maximum Gasteiger partial charge on any atom is 0.255 e. The van der Waals surface area contributed by atoms with Crippen LogP contribution in [0.5, 0.6) is 11.5 Å². The van der Waals surface area contributed by atoms with E-state index in [9.17, 15) is 14.0 Å². The van der Waals surface area contributed by atoms with Gasteiger partial charge in [0.1, 0.15) is 19.0 Å². The van der Waals surface area contributed by atoms with Crippen LogP contribution < -0.4 is 14.8 Å². The minimum absolute atomic E-state index is 0.114. The van der Waals surface area contributed by atoms with Crippen LogP contribution >= 0.6 is 0 Å². The van der Waals surface area contributed by atoms with Gasteiger partial charge >= 0.3 is 0 Å². The topological polar surface area (TPSA) is 67.9 Å². The average molecular weight is 487 g/mol. The summed E-state index contributed by atoms with van der Waals surface area (Å²) in [5, 5.41) is 3.02. The molecule has 3 atom stereocenters. The lowest BCUT2D eigenvalue weighted by Gasteiger charge is -2.29. The molecular formula is C29H27FN2O4. The van der Waals surface area contributed by atoms with Crippen molar-refractivity contribution in [3.63, 3.8) is 0 Å². The summed E-state index contributed by atoms with van der Waals surface area (Å²) in [4.78, 5) is 28.8. The molecule has 0 spiro atoms. The summed E-state index contributed by atoms with van der Waals surface area (Å²) in [5.74, 6) is 1.08. The molecule has 2 amide bonds. The summed E-state index contributed by atoms with van der Waals surface area (Å²) in [6, 6.07) is 17.2. The molecule has 2 fully saturated rings. The van der Waals surface area contributed by atoms with Crippen molar-refractivity contribution in [2.45, 2.75) is 19.4 Å². The number of hydrogen-bond acceptors (Lipinski definition) is 4. The van der Waals surface area contributed by atoms with E-state index in [0.717, 1.165) is 12.0 Å². The number of piperidine rings is 1. The number of para-hydroxylation sites is 1. The lowest BCUT2D eigenvalue weighted by atomic mass is 9.96. The number of halogens is 1. The summed E-state index contributed by atoms with van der Waals surface area (Å²) in [7, 11) is 0. The fourth-order valence-corrected chi connectivity index (χ4v) is 5.52. The number of benzene rings is 3. The monoisotopic (exact) mass is 486 g/mol. The molecule has 1 saturated heterocycles. The van der Waals surface area contributed by atoms with Crippen LogP contribution in [0.15, 0.2) is 60.7 Å². The highest BCUT2D eigenvalue weighted by Gasteiger charge is 2.54. The molecule has 2 heterocycles.